The van der Waals surface area contributed by atoms with Crippen LogP contribution in [0.1, 0.15) is 16.1 Å². The molecule has 0 aromatic carbocycles. The van der Waals surface area contributed by atoms with Crippen LogP contribution in [0.5, 0.6) is 0 Å². The Bertz CT molecular complexity index is 389. The van der Waals surface area contributed by atoms with E-state index >= 15 is 0 Å². The third-order valence-electron chi connectivity index (χ3n) is 1.78. The number of rotatable bonds is 4. The summed E-state index contributed by atoms with van der Waals surface area (Å²) in [6.45, 7) is 0. The van der Waals surface area contributed by atoms with E-state index in [1.54, 1.807) is 10.2 Å². The van der Waals surface area contributed by atoms with Crippen LogP contribution in [0.3, 0.4) is 0 Å². The molecule has 1 rings (SSSR count). The largest absolute Gasteiger partial charge is 0.384 e. The van der Waals surface area contributed by atoms with Crippen LogP contribution in [0.25, 0.3) is 5.47 Å². The van der Waals surface area contributed by atoms with Crippen LogP contribution in [0, 0.1) is 0 Å². The molecule has 0 fully saturated rings. The van der Waals surface area contributed by atoms with Gasteiger partial charge >= 0.3 is 0 Å². The van der Waals surface area contributed by atoms with Crippen LogP contribution in [-0.2, 0) is 0 Å². The lowest BCUT2D eigenvalue weighted by Crippen LogP contribution is -2.03. The van der Waals surface area contributed by atoms with Crippen LogP contribution in [0.4, 0.5) is 0 Å². The highest BCUT2D eigenvalue weighted by molar-refractivity contribution is 14.2. The van der Waals surface area contributed by atoms with Gasteiger partial charge in [0.15, 0.2) is 6.29 Å². The number of nitrogens with zero attached hydrogens (tertiary/aromatic N) is 2. The maximum Gasteiger partial charge on any atom is 0.167 e. The summed E-state index contributed by atoms with van der Waals surface area (Å²) < 4.78 is 1.78. The first-order valence-corrected chi connectivity index (χ1v) is 7.51. The fraction of sp³-hybridized carbons (Fsp3) is 0.222. The van der Waals surface area contributed by atoms with Crippen molar-refractivity contribution in [1.29, 1.82) is 0 Å². The smallest absolute Gasteiger partial charge is 0.167 e. The number of aromatic nitrogens is 1. The molecule has 0 bridgehead atoms. The van der Waals surface area contributed by atoms with Crippen molar-refractivity contribution in [1.82, 2.24) is 8.87 Å². The first-order valence-electron chi connectivity index (χ1n) is 4.20. The molecule has 1 aromatic rings. The number of hydrogen-bond acceptors (Lipinski definition) is 3. The molecule has 0 aliphatic heterocycles. The zero-order chi connectivity index (χ0) is 11.4. The highest BCUT2D eigenvalue weighted by atomic mass is 127. The molecule has 0 N–H and O–H groups in total. The van der Waals surface area contributed by atoms with E-state index in [2.05, 4.69) is 21.2 Å². The third kappa shape index (κ3) is 3.04. The van der Waals surface area contributed by atoms with E-state index in [0.717, 1.165) is 11.8 Å². The molecule has 0 aliphatic carbocycles. The third-order valence-corrected chi connectivity index (χ3v) is 3.52. The molecule has 0 amide bonds. The standard InChI is InChI=1S/C9H10BIN2OS/c1-12(2)5-8(10)7-3-4-13(15-11)9(7)6-14/h3-6H,1-2H3/b8-5+. The Morgan fingerprint density at radius 2 is 2.33 bits per heavy atom. The summed E-state index contributed by atoms with van der Waals surface area (Å²) >= 11 is 2.11. The summed E-state index contributed by atoms with van der Waals surface area (Å²) in [6, 6.07) is 1.84. The molecule has 2 radical (unpaired) electrons. The van der Waals surface area contributed by atoms with Crippen LogP contribution in [0.15, 0.2) is 18.5 Å². The average Bonchev–Trinajstić information content (AvgIpc) is 2.58. The van der Waals surface area contributed by atoms with Crippen molar-refractivity contribution in [2.45, 2.75) is 0 Å². The Balaban J connectivity index is 3.14. The average molecular weight is 332 g/mol. The number of carbonyl (C=O) groups excluding carboxylic acids is 1. The van der Waals surface area contributed by atoms with Gasteiger partial charge in [0.2, 0.25) is 0 Å². The number of halogens is 1. The van der Waals surface area contributed by atoms with Gasteiger partial charge in [-0.05, 0) is 17.8 Å². The predicted molar refractivity (Wildman–Crippen MR) is 74.2 cm³/mol. The first kappa shape index (κ1) is 12.7. The number of carbonyl (C=O) groups is 1. The summed E-state index contributed by atoms with van der Waals surface area (Å²) in [5.41, 5.74) is 1.94. The summed E-state index contributed by atoms with van der Waals surface area (Å²) in [7, 11) is 11.1. The van der Waals surface area contributed by atoms with Crippen molar-refractivity contribution >= 4 is 49.9 Å². The van der Waals surface area contributed by atoms with Crippen molar-refractivity contribution in [3.63, 3.8) is 0 Å². The van der Waals surface area contributed by atoms with Crippen LogP contribution in [0.2, 0.25) is 0 Å². The molecule has 1 heterocycles. The fourth-order valence-electron chi connectivity index (χ4n) is 1.19. The molecule has 0 saturated carbocycles. The monoisotopic (exact) mass is 332 g/mol. The van der Waals surface area contributed by atoms with E-state index in [1.807, 2.05) is 31.3 Å². The van der Waals surface area contributed by atoms with Gasteiger partial charge in [-0.2, -0.15) is 0 Å². The van der Waals surface area contributed by atoms with E-state index in [0.29, 0.717) is 11.2 Å². The van der Waals surface area contributed by atoms with E-state index < -0.39 is 0 Å². The Labute approximate surface area is 107 Å². The summed E-state index contributed by atoms with van der Waals surface area (Å²) in [5, 5.41) is 0. The van der Waals surface area contributed by atoms with Gasteiger partial charge < -0.3 is 4.90 Å². The maximum absolute atomic E-state index is 10.9. The summed E-state index contributed by atoms with van der Waals surface area (Å²) in [5.74, 6) is 0. The van der Waals surface area contributed by atoms with E-state index in [-0.39, 0.29) is 0 Å². The molecule has 78 valence electrons. The molecular weight excluding hydrogens is 322 g/mol. The van der Waals surface area contributed by atoms with Crippen molar-refractivity contribution in [2.75, 3.05) is 14.1 Å². The minimum Gasteiger partial charge on any atom is -0.384 e. The normalized spacial score (nSPS) is 11.5. The Hall–Kier alpha value is -0.365. The second-order valence-corrected chi connectivity index (χ2v) is 4.89. The lowest BCUT2D eigenvalue weighted by atomic mass is 9.89. The summed E-state index contributed by atoms with van der Waals surface area (Å²) in [4.78, 5) is 12.8. The lowest BCUT2D eigenvalue weighted by Gasteiger charge is -2.08. The fourth-order valence-corrected chi connectivity index (χ4v) is 2.55. The van der Waals surface area contributed by atoms with Crippen LogP contribution >= 0.6 is 30.3 Å². The highest BCUT2D eigenvalue weighted by Gasteiger charge is 2.09. The Morgan fingerprint density at radius 3 is 2.80 bits per heavy atom. The second kappa shape index (κ2) is 5.65. The Kier molecular flexibility index (Phi) is 4.78. The molecule has 1 aromatic heterocycles. The molecule has 6 heteroatoms. The minimum atomic E-state index is 0.588. The second-order valence-electron chi connectivity index (χ2n) is 3.18. The number of hydrogen-bond donors (Lipinski definition) is 0. The first-order chi connectivity index (χ1) is 7.10. The zero-order valence-electron chi connectivity index (χ0n) is 8.48. The molecule has 15 heavy (non-hydrogen) atoms. The van der Waals surface area contributed by atoms with Crippen molar-refractivity contribution in [2.24, 2.45) is 0 Å². The van der Waals surface area contributed by atoms with E-state index in [1.165, 1.54) is 9.12 Å². The maximum atomic E-state index is 10.9. The molecule has 0 saturated heterocycles. The SMILES string of the molecule is [B]/C(=C/N(C)C)c1ccn(SI)c1C=O. The van der Waals surface area contributed by atoms with Gasteiger partial charge in [0, 0.05) is 50.6 Å². The molecular formula is C9H10BIN2OS. The van der Waals surface area contributed by atoms with Gasteiger partial charge in [-0.25, -0.2) is 0 Å². The topological polar surface area (TPSA) is 25.2 Å². The quantitative estimate of drug-likeness (QED) is 0.480. The predicted octanol–water partition coefficient (Wildman–Crippen LogP) is 2.18. The number of aldehydes is 1. The summed E-state index contributed by atoms with van der Waals surface area (Å²) in [6.07, 6.45) is 4.43. The van der Waals surface area contributed by atoms with Gasteiger partial charge in [0.1, 0.15) is 7.85 Å². The van der Waals surface area contributed by atoms with Crippen LogP contribution < -0.4 is 0 Å². The van der Waals surface area contributed by atoms with Crippen molar-refractivity contribution in [3.8, 4) is 0 Å². The van der Waals surface area contributed by atoms with Gasteiger partial charge in [-0.15, -0.1) is 0 Å². The van der Waals surface area contributed by atoms with Gasteiger partial charge in [-0.1, -0.05) is 5.47 Å². The molecule has 0 unspecified atom stereocenters. The molecule has 3 nitrogen and oxygen atoms in total. The molecule has 0 atom stereocenters. The lowest BCUT2D eigenvalue weighted by molar-refractivity contribution is 0.111. The van der Waals surface area contributed by atoms with Crippen LogP contribution in [-0.4, -0.2) is 37.1 Å². The Morgan fingerprint density at radius 1 is 1.67 bits per heavy atom. The van der Waals surface area contributed by atoms with Gasteiger partial charge in [0.25, 0.3) is 0 Å². The molecule has 0 aliphatic rings. The van der Waals surface area contributed by atoms with Gasteiger partial charge in [-0.3, -0.25) is 8.77 Å². The van der Waals surface area contributed by atoms with Gasteiger partial charge in [0.05, 0.1) is 5.69 Å². The minimum absolute atomic E-state index is 0.588. The highest BCUT2D eigenvalue weighted by Crippen LogP contribution is 2.24. The van der Waals surface area contributed by atoms with Crippen molar-refractivity contribution in [3.05, 3.63) is 29.7 Å². The molecule has 0 spiro atoms. The zero-order valence-corrected chi connectivity index (χ0v) is 11.4. The van der Waals surface area contributed by atoms with E-state index in [4.69, 9.17) is 7.85 Å². The van der Waals surface area contributed by atoms with Crippen molar-refractivity contribution < 1.29 is 4.79 Å². The van der Waals surface area contributed by atoms with E-state index in [9.17, 15) is 4.79 Å².